The zero-order chi connectivity index (χ0) is 44.8. The van der Waals surface area contributed by atoms with Crippen LogP contribution in [-0.4, -0.2) is 75.9 Å². The van der Waals surface area contributed by atoms with E-state index in [2.05, 4.69) is 83.7 Å². The van der Waals surface area contributed by atoms with Gasteiger partial charge in [0.25, 0.3) is 0 Å². The van der Waals surface area contributed by atoms with Crippen molar-refractivity contribution in [2.75, 3.05) is 59.3 Å². The van der Waals surface area contributed by atoms with E-state index in [4.69, 9.17) is 18.9 Å². The van der Waals surface area contributed by atoms with Crippen LogP contribution < -0.4 is 0 Å². The maximum atomic E-state index is 6.67. The molecule has 3 saturated carbocycles. The molecule has 364 valence electrons. The second kappa shape index (κ2) is 28.4. The highest BCUT2D eigenvalue weighted by Crippen LogP contribution is 2.62. The van der Waals surface area contributed by atoms with E-state index in [1.165, 1.54) is 148 Å². The van der Waals surface area contributed by atoms with Gasteiger partial charge in [-0.15, -0.1) is 0 Å². The van der Waals surface area contributed by atoms with Crippen molar-refractivity contribution in [2.45, 2.75) is 227 Å². The molecular formula is C58H103NO4. The molecule has 5 nitrogen and oxygen atoms in total. The van der Waals surface area contributed by atoms with Crippen LogP contribution >= 0.6 is 0 Å². The van der Waals surface area contributed by atoms with Gasteiger partial charge in [-0.2, -0.15) is 0 Å². The Bertz CT molecular complexity index is 1310. The number of ether oxygens (including phenoxy) is 4. The number of piperidine rings is 1. The number of likely N-dealkylation sites (tertiary alicyclic amines) is 1. The minimum atomic E-state index is -0.0538. The molecule has 6 unspecified atom stereocenters. The highest BCUT2D eigenvalue weighted by molar-refractivity contribution is 5.21. The summed E-state index contributed by atoms with van der Waals surface area (Å²) in [6.45, 7) is 24.2. The van der Waals surface area contributed by atoms with Gasteiger partial charge in [-0.3, -0.25) is 0 Å². The molecule has 1 aliphatic heterocycles. The quantitative estimate of drug-likeness (QED) is 0.0497. The topological polar surface area (TPSA) is 40.2 Å². The molecule has 0 amide bonds. The van der Waals surface area contributed by atoms with Crippen molar-refractivity contribution in [3.05, 3.63) is 36.0 Å². The number of nitrogens with zero attached hydrogens (tertiary/aromatic N) is 1. The fourth-order valence-electron chi connectivity index (χ4n) is 13.0. The first-order chi connectivity index (χ1) is 30.5. The highest BCUT2D eigenvalue weighted by Gasteiger charge is 2.54. The van der Waals surface area contributed by atoms with Crippen molar-refractivity contribution in [3.63, 3.8) is 0 Å². The molecule has 4 fully saturated rings. The molecule has 0 radical (unpaired) electrons. The van der Waals surface area contributed by atoms with Gasteiger partial charge < -0.3 is 23.8 Å². The Kier molecular flexibility index (Phi) is 23.9. The third-order valence-electron chi connectivity index (χ3n) is 17.1. The van der Waals surface area contributed by atoms with Crippen molar-refractivity contribution in [1.29, 1.82) is 0 Å². The first-order valence-electron chi connectivity index (χ1n) is 27.6. The number of hydrogen-bond donors (Lipinski definition) is 0. The van der Waals surface area contributed by atoms with E-state index in [-0.39, 0.29) is 11.7 Å². The Balaban J connectivity index is 0.922. The molecule has 5 heteroatoms. The van der Waals surface area contributed by atoms with Crippen LogP contribution in [0.15, 0.2) is 36.0 Å². The molecule has 0 aromatic heterocycles. The van der Waals surface area contributed by atoms with Gasteiger partial charge in [0, 0.05) is 13.2 Å². The first kappa shape index (κ1) is 53.0. The van der Waals surface area contributed by atoms with E-state index in [1.807, 2.05) is 0 Å². The molecule has 0 aromatic carbocycles. The van der Waals surface area contributed by atoms with E-state index in [0.29, 0.717) is 43.9 Å². The maximum absolute atomic E-state index is 6.67. The lowest BCUT2D eigenvalue weighted by Crippen LogP contribution is -2.45. The van der Waals surface area contributed by atoms with Crippen LogP contribution in [0.5, 0.6) is 0 Å². The lowest BCUT2D eigenvalue weighted by Gasteiger charge is -2.52. The minimum Gasteiger partial charge on any atom is -0.379 e. The van der Waals surface area contributed by atoms with Gasteiger partial charge in [0.15, 0.2) is 0 Å². The van der Waals surface area contributed by atoms with Gasteiger partial charge in [0.1, 0.15) is 0 Å². The van der Waals surface area contributed by atoms with Gasteiger partial charge in [-0.25, -0.2) is 0 Å². The molecular weight excluding hydrogens is 775 g/mol. The van der Waals surface area contributed by atoms with E-state index >= 15 is 0 Å². The van der Waals surface area contributed by atoms with Crippen LogP contribution in [0.1, 0.15) is 215 Å². The third-order valence-corrected chi connectivity index (χ3v) is 17.1. The van der Waals surface area contributed by atoms with Crippen LogP contribution in [0, 0.1) is 46.3 Å². The molecule has 5 rings (SSSR count). The summed E-state index contributed by atoms with van der Waals surface area (Å²) < 4.78 is 25.5. The van der Waals surface area contributed by atoms with Gasteiger partial charge >= 0.3 is 0 Å². The lowest BCUT2D eigenvalue weighted by molar-refractivity contribution is -0.0896. The average Bonchev–Trinajstić information content (AvgIpc) is 3.60. The van der Waals surface area contributed by atoms with Gasteiger partial charge in [0.05, 0.1) is 44.7 Å². The van der Waals surface area contributed by atoms with Crippen molar-refractivity contribution in [2.24, 2.45) is 46.3 Å². The predicted molar refractivity (Wildman–Crippen MR) is 268 cm³/mol. The summed E-state index contributed by atoms with van der Waals surface area (Å²) in [5, 5.41) is 0. The van der Waals surface area contributed by atoms with Crippen LogP contribution in [-0.2, 0) is 18.9 Å². The summed E-state index contributed by atoms with van der Waals surface area (Å²) in [5.74, 6) is 5.48. The van der Waals surface area contributed by atoms with Crippen LogP contribution in [0.3, 0.4) is 0 Å². The largest absolute Gasteiger partial charge is 0.379 e. The summed E-state index contributed by atoms with van der Waals surface area (Å²) in [5.41, 5.74) is 2.75. The van der Waals surface area contributed by atoms with Gasteiger partial charge in [-0.1, -0.05) is 135 Å². The summed E-state index contributed by atoms with van der Waals surface area (Å²) in [7, 11) is 0. The monoisotopic (exact) mass is 878 g/mol. The molecule has 1 saturated heterocycles. The molecule has 0 N–H and O–H groups in total. The fraction of sp³-hybridized carbons (Fsp3) is 0.897. The number of rotatable bonds is 32. The van der Waals surface area contributed by atoms with Crippen molar-refractivity contribution < 1.29 is 18.9 Å². The molecule has 63 heavy (non-hydrogen) atoms. The lowest BCUT2D eigenvalue weighted by atomic mass is 9.54. The molecule has 0 aromatic rings. The number of unbranched alkanes of at least 4 members (excludes halogenated alkanes) is 10. The van der Waals surface area contributed by atoms with Gasteiger partial charge in [-0.05, 0) is 176 Å². The Morgan fingerprint density at radius 1 is 0.683 bits per heavy atom. The summed E-state index contributed by atoms with van der Waals surface area (Å²) >= 11 is 0. The summed E-state index contributed by atoms with van der Waals surface area (Å²) in [6, 6.07) is 0. The number of fused-ring (bicyclic) bond motifs is 5. The SMILES string of the molecule is CCCCC/C=C\C/C=C\CCCCCCCCOCC(CN1CCC(C)(C)CC1)OCCOCCO[C@@]1(C)CCC2C(=CCC3C2CCC2C3CC[C@]2(C)CCCCC(C)C)C1. The first-order valence-corrected chi connectivity index (χ1v) is 27.6. The highest BCUT2D eigenvalue weighted by atomic mass is 16.6. The number of allylic oxidation sites excluding steroid dienone is 5. The fourth-order valence-corrected chi connectivity index (χ4v) is 13.0. The Labute approximate surface area is 391 Å². The second-order valence-electron chi connectivity index (χ2n) is 23.4. The molecule has 1 heterocycles. The number of hydrogen-bond acceptors (Lipinski definition) is 5. The van der Waals surface area contributed by atoms with Crippen LogP contribution in [0.4, 0.5) is 0 Å². The van der Waals surface area contributed by atoms with E-state index in [1.54, 1.807) is 5.57 Å². The van der Waals surface area contributed by atoms with Crippen molar-refractivity contribution >= 4 is 0 Å². The van der Waals surface area contributed by atoms with Crippen LogP contribution in [0.25, 0.3) is 0 Å². The Morgan fingerprint density at radius 3 is 2.17 bits per heavy atom. The third kappa shape index (κ3) is 18.6. The molecule has 0 spiro atoms. The Morgan fingerprint density at radius 2 is 1.41 bits per heavy atom. The van der Waals surface area contributed by atoms with E-state index < -0.39 is 0 Å². The molecule has 8 atom stereocenters. The molecule has 5 aliphatic rings. The minimum absolute atomic E-state index is 0.0538. The normalized spacial score (nSPS) is 30.2. The smallest absolute Gasteiger partial charge is 0.0936 e. The zero-order valence-corrected chi connectivity index (χ0v) is 42.8. The van der Waals surface area contributed by atoms with Crippen LogP contribution in [0.2, 0.25) is 0 Å². The summed E-state index contributed by atoms with van der Waals surface area (Å²) in [4.78, 5) is 2.60. The van der Waals surface area contributed by atoms with E-state index in [9.17, 15) is 0 Å². The summed E-state index contributed by atoms with van der Waals surface area (Å²) in [6.07, 6.45) is 46.7. The Hall–Kier alpha value is -0.980. The standard InChI is InChI=1S/C58H103NO4/c1-8-9-10-11-12-13-14-15-16-17-18-19-20-21-22-25-40-61-47-50(46-59-38-36-56(4,5)37-39-59)62-43-41-60-42-44-63-58(7)35-32-51-49(45-58)27-28-53-52(51)29-30-55-54(53)31-34-57(55,6)33-24-23-26-48(2)3/h12-13,15-16,27,48,50-55H,8-11,14,17-26,28-47H2,1-7H3/b13-12-,16-15-/t50?,51?,52?,53?,54?,55?,57-,58-/m0/s1. The zero-order valence-electron chi connectivity index (χ0n) is 42.8. The second-order valence-corrected chi connectivity index (χ2v) is 23.4. The maximum Gasteiger partial charge on any atom is 0.0936 e. The van der Waals surface area contributed by atoms with Crippen molar-refractivity contribution in [3.8, 4) is 0 Å². The molecule has 4 aliphatic carbocycles. The van der Waals surface area contributed by atoms with E-state index in [0.717, 1.165) is 81.0 Å². The predicted octanol–water partition coefficient (Wildman–Crippen LogP) is 15.5. The van der Waals surface area contributed by atoms with Gasteiger partial charge in [0.2, 0.25) is 0 Å². The molecule has 0 bridgehead atoms. The van der Waals surface area contributed by atoms with Crippen molar-refractivity contribution in [1.82, 2.24) is 4.90 Å². The average molecular weight is 878 g/mol.